The largest absolute Gasteiger partial charge is 0.368 e. The number of nitrogens with two attached hydrogens (primary N) is 1. The minimum Gasteiger partial charge on any atom is -0.368 e. The highest BCUT2D eigenvalue weighted by atomic mass is 16.5. The monoisotopic (exact) mass is 400 g/mol. The van der Waals surface area contributed by atoms with E-state index in [1.54, 1.807) is 19.2 Å². The molecule has 9 heteroatoms. The third kappa shape index (κ3) is 6.34. The number of benzene rings is 1. The number of aryl methyl sites for hydroxylation is 2. The zero-order valence-corrected chi connectivity index (χ0v) is 17.0. The number of amides is 2. The molecule has 5 N–H and O–H groups in total. The molecule has 0 spiro atoms. The van der Waals surface area contributed by atoms with Crippen LogP contribution >= 0.6 is 0 Å². The number of carbonyl (C=O) groups excluding carboxylic acids is 2. The molecular weight excluding hydrogens is 372 g/mol. The van der Waals surface area contributed by atoms with Gasteiger partial charge in [-0.25, -0.2) is 0 Å². The highest BCUT2D eigenvalue weighted by molar-refractivity contribution is 5.96. The molecule has 0 aliphatic carbocycles. The highest BCUT2D eigenvalue weighted by Crippen LogP contribution is 2.15. The lowest BCUT2D eigenvalue weighted by molar-refractivity contribution is -0.117. The van der Waals surface area contributed by atoms with Crippen LogP contribution in [0.3, 0.4) is 0 Å². The van der Waals surface area contributed by atoms with E-state index >= 15 is 0 Å². The summed E-state index contributed by atoms with van der Waals surface area (Å²) in [5.74, 6) is 0.614. The van der Waals surface area contributed by atoms with E-state index < -0.39 is 5.91 Å². The van der Waals surface area contributed by atoms with Crippen LogP contribution in [-0.4, -0.2) is 36.5 Å². The summed E-state index contributed by atoms with van der Waals surface area (Å²) in [7, 11) is 1.70. The van der Waals surface area contributed by atoms with Crippen molar-refractivity contribution in [2.75, 3.05) is 13.6 Å². The summed E-state index contributed by atoms with van der Waals surface area (Å²) in [5.41, 5.74) is 8.49. The lowest BCUT2D eigenvalue weighted by atomic mass is 10.1. The molecule has 0 bridgehead atoms. The Hall–Kier alpha value is -3.36. The van der Waals surface area contributed by atoms with E-state index in [2.05, 4.69) is 26.1 Å². The summed E-state index contributed by atoms with van der Waals surface area (Å²) in [5, 5.41) is 13.1. The molecule has 2 rings (SSSR count). The molecule has 0 radical (unpaired) electrons. The van der Waals surface area contributed by atoms with Crippen molar-refractivity contribution >= 4 is 17.8 Å². The summed E-state index contributed by atoms with van der Waals surface area (Å²) in [6, 6.07) is 7.07. The summed E-state index contributed by atoms with van der Waals surface area (Å²) in [6.45, 7) is 5.01. The van der Waals surface area contributed by atoms with Crippen LogP contribution in [0.1, 0.15) is 46.8 Å². The number of guanidine groups is 1. The Labute approximate surface area is 170 Å². The third-order valence-corrected chi connectivity index (χ3v) is 4.36. The predicted octanol–water partition coefficient (Wildman–Crippen LogP) is 0.880. The molecule has 0 atom stereocenters. The number of rotatable bonds is 9. The summed E-state index contributed by atoms with van der Waals surface area (Å²) in [6.07, 6.45) is 1.60. The topological polar surface area (TPSA) is 135 Å². The zero-order valence-electron chi connectivity index (χ0n) is 17.0. The Balaban J connectivity index is 1.88. The quantitative estimate of drug-likeness (QED) is 0.365. The minimum absolute atomic E-state index is 0.185. The van der Waals surface area contributed by atoms with Crippen LogP contribution in [0.15, 0.2) is 33.8 Å². The van der Waals surface area contributed by atoms with Gasteiger partial charge in [0, 0.05) is 37.7 Å². The molecule has 0 aliphatic rings. The Morgan fingerprint density at radius 3 is 2.34 bits per heavy atom. The predicted molar refractivity (Wildman–Crippen MR) is 110 cm³/mol. The van der Waals surface area contributed by atoms with Crippen molar-refractivity contribution in [2.24, 2.45) is 10.7 Å². The summed E-state index contributed by atoms with van der Waals surface area (Å²) < 4.78 is 5.38. The molecule has 2 amide bonds. The van der Waals surface area contributed by atoms with Crippen molar-refractivity contribution in [2.45, 2.75) is 39.8 Å². The van der Waals surface area contributed by atoms with Gasteiger partial charge in [0.05, 0.1) is 12.2 Å². The van der Waals surface area contributed by atoms with E-state index in [0.29, 0.717) is 24.6 Å². The smallest absolute Gasteiger partial charge is 0.251 e. The molecule has 1 aromatic carbocycles. The Kier molecular flexibility index (Phi) is 8.20. The van der Waals surface area contributed by atoms with E-state index in [4.69, 9.17) is 10.3 Å². The number of carbonyl (C=O) groups is 2. The van der Waals surface area contributed by atoms with Crippen molar-refractivity contribution in [1.29, 1.82) is 0 Å². The number of nitrogens with one attached hydrogen (secondary N) is 3. The molecule has 1 aromatic heterocycles. The van der Waals surface area contributed by atoms with E-state index in [0.717, 1.165) is 35.4 Å². The Morgan fingerprint density at radius 1 is 1.07 bits per heavy atom. The van der Waals surface area contributed by atoms with Crippen LogP contribution in [0.2, 0.25) is 0 Å². The molecule has 0 fully saturated rings. The van der Waals surface area contributed by atoms with Crippen LogP contribution in [0.5, 0.6) is 0 Å². The minimum atomic E-state index is -0.582. The van der Waals surface area contributed by atoms with E-state index in [1.165, 1.54) is 0 Å². The van der Waals surface area contributed by atoms with Gasteiger partial charge in [0.2, 0.25) is 5.91 Å². The van der Waals surface area contributed by atoms with Gasteiger partial charge in [-0.15, -0.1) is 0 Å². The van der Waals surface area contributed by atoms with E-state index in [9.17, 15) is 9.59 Å². The first-order valence-electron chi connectivity index (χ1n) is 9.54. The molecule has 0 saturated heterocycles. The summed E-state index contributed by atoms with van der Waals surface area (Å²) >= 11 is 0. The molecule has 1 heterocycles. The van der Waals surface area contributed by atoms with Gasteiger partial charge in [-0.2, -0.15) is 0 Å². The molecule has 0 saturated carbocycles. The standard InChI is InChI=1S/C20H28N6O3/c1-4-16-15(17(5-2)29-26-16)11-25-20(22-3)24-10-13-6-8-14(9-7-13)19(28)23-12-18(21)27/h6-9H,4-5,10-12H2,1-3H3,(H2,21,27)(H,23,28)(H2,22,24,25). The number of aliphatic imine (C=N–C) groups is 1. The van der Waals surface area contributed by atoms with Crippen LogP contribution in [-0.2, 0) is 30.7 Å². The van der Waals surface area contributed by atoms with Gasteiger partial charge in [-0.3, -0.25) is 14.6 Å². The molecular formula is C20H28N6O3. The number of aromatic nitrogens is 1. The fourth-order valence-electron chi connectivity index (χ4n) is 2.76. The molecule has 0 aliphatic heterocycles. The molecule has 156 valence electrons. The van der Waals surface area contributed by atoms with Crippen molar-refractivity contribution in [3.63, 3.8) is 0 Å². The number of hydrogen-bond acceptors (Lipinski definition) is 5. The normalized spacial score (nSPS) is 11.2. The average molecular weight is 400 g/mol. The maximum absolute atomic E-state index is 11.9. The van der Waals surface area contributed by atoms with Gasteiger partial charge in [0.1, 0.15) is 5.76 Å². The van der Waals surface area contributed by atoms with Gasteiger partial charge < -0.3 is 26.2 Å². The Bertz CT molecular complexity index is 836. The maximum Gasteiger partial charge on any atom is 0.251 e. The van der Waals surface area contributed by atoms with E-state index in [-0.39, 0.29) is 12.5 Å². The third-order valence-electron chi connectivity index (χ3n) is 4.36. The fourth-order valence-corrected chi connectivity index (χ4v) is 2.76. The highest BCUT2D eigenvalue weighted by Gasteiger charge is 2.13. The van der Waals surface area contributed by atoms with Crippen molar-refractivity contribution in [3.05, 3.63) is 52.4 Å². The average Bonchev–Trinajstić information content (AvgIpc) is 3.14. The zero-order chi connectivity index (χ0) is 21.2. The van der Waals surface area contributed by atoms with Gasteiger partial charge in [0.25, 0.3) is 5.91 Å². The maximum atomic E-state index is 11.9. The van der Waals surface area contributed by atoms with Crippen molar-refractivity contribution in [1.82, 2.24) is 21.1 Å². The molecule has 9 nitrogen and oxygen atoms in total. The second-order valence-electron chi connectivity index (χ2n) is 6.36. The SMILES string of the molecule is CCc1noc(CC)c1CNC(=NC)NCc1ccc(C(=O)NCC(N)=O)cc1. The number of hydrogen-bond donors (Lipinski definition) is 4. The van der Waals surface area contributed by atoms with Crippen LogP contribution in [0, 0.1) is 0 Å². The Morgan fingerprint density at radius 2 is 1.76 bits per heavy atom. The van der Waals surface area contributed by atoms with E-state index in [1.807, 2.05) is 26.0 Å². The van der Waals surface area contributed by atoms with Gasteiger partial charge >= 0.3 is 0 Å². The lowest BCUT2D eigenvalue weighted by Crippen LogP contribution is -2.36. The first kappa shape index (κ1) is 21.9. The second-order valence-corrected chi connectivity index (χ2v) is 6.36. The first-order valence-corrected chi connectivity index (χ1v) is 9.54. The van der Waals surface area contributed by atoms with Gasteiger partial charge in [-0.05, 0) is 24.1 Å². The van der Waals surface area contributed by atoms with Crippen molar-refractivity contribution in [3.8, 4) is 0 Å². The second kappa shape index (κ2) is 10.8. The summed E-state index contributed by atoms with van der Waals surface area (Å²) in [4.78, 5) is 26.9. The fraction of sp³-hybridized carbons (Fsp3) is 0.400. The molecule has 2 aromatic rings. The van der Waals surface area contributed by atoms with Crippen LogP contribution in [0.25, 0.3) is 0 Å². The molecule has 0 unspecified atom stereocenters. The molecule has 29 heavy (non-hydrogen) atoms. The van der Waals surface area contributed by atoms with Gasteiger partial charge in [0.15, 0.2) is 5.96 Å². The van der Waals surface area contributed by atoms with Gasteiger partial charge in [-0.1, -0.05) is 31.1 Å². The lowest BCUT2D eigenvalue weighted by Gasteiger charge is -2.12. The number of nitrogens with zero attached hydrogens (tertiary/aromatic N) is 2. The number of primary amides is 1. The first-order chi connectivity index (χ1) is 14.0. The van der Waals surface area contributed by atoms with Crippen LogP contribution in [0.4, 0.5) is 0 Å². The van der Waals surface area contributed by atoms with Crippen LogP contribution < -0.4 is 21.7 Å². The van der Waals surface area contributed by atoms with Crippen molar-refractivity contribution < 1.29 is 14.1 Å².